The summed E-state index contributed by atoms with van der Waals surface area (Å²) >= 11 is 6.09. The molecule has 1 atom stereocenters. The van der Waals surface area contributed by atoms with Crippen molar-refractivity contribution in [3.8, 4) is 5.75 Å². The molecule has 2 aromatic carbocycles. The number of hydrogen-bond acceptors (Lipinski definition) is 2. The molecule has 0 spiro atoms. The van der Waals surface area contributed by atoms with Crippen LogP contribution in [0.5, 0.6) is 5.75 Å². The molecule has 3 heteroatoms. The maximum absolute atomic E-state index is 6.42. The molecule has 0 aliphatic carbocycles. The number of benzene rings is 2. The van der Waals surface area contributed by atoms with Crippen LogP contribution in [-0.2, 0) is 6.42 Å². The van der Waals surface area contributed by atoms with Crippen molar-refractivity contribution in [3.05, 3.63) is 63.7 Å². The van der Waals surface area contributed by atoms with Crippen molar-refractivity contribution < 1.29 is 4.74 Å². The van der Waals surface area contributed by atoms with E-state index >= 15 is 0 Å². The second kappa shape index (κ2) is 5.47. The Kier molecular flexibility index (Phi) is 3.68. The molecule has 0 saturated carbocycles. The van der Waals surface area contributed by atoms with Crippen LogP contribution in [0.4, 0.5) is 0 Å². The lowest BCUT2D eigenvalue weighted by atomic mass is 9.93. The molecule has 104 valence electrons. The third kappa shape index (κ3) is 2.54. The Hall–Kier alpha value is -1.51. The van der Waals surface area contributed by atoms with Gasteiger partial charge in [0.2, 0.25) is 0 Å². The van der Waals surface area contributed by atoms with Gasteiger partial charge in [-0.1, -0.05) is 29.8 Å². The highest BCUT2D eigenvalue weighted by molar-refractivity contribution is 6.30. The highest BCUT2D eigenvalue weighted by atomic mass is 35.5. The molecule has 0 radical (unpaired) electrons. The smallest absolute Gasteiger partial charge is 0.122 e. The van der Waals surface area contributed by atoms with Gasteiger partial charge in [-0.25, -0.2) is 0 Å². The van der Waals surface area contributed by atoms with Crippen molar-refractivity contribution in [3.63, 3.8) is 0 Å². The lowest BCUT2D eigenvalue weighted by Crippen LogP contribution is -2.15. The molecule has 20 heavy (non-hydrogen) atoms. The molecule has 1 aliphatic rings. The van der Waals surface area contributed by atoms with Gasteiger partial charge in [0, 0.05) is 5.02 Å². The average molecular weight is 288 g/mol. The molecule has 1 unspecified atom stereocenters. The van der Waals surface area contributed by atoms with Gasteiger partial charge < -0.3 is 10.5 Å². The van der Waals surface area contributed by atoms with Gasteiger partial charge in [-0.05, 0) is 60.2 Å². The largest absolute Gasteiger partial charge is 0.493 e. The molecule has 3 rings (SSSR count). The number of ether oxygens (including phenoxy) is 1. The maximum atomic E-state index is 6.42. The molecule has 2 aromatic rings. The quantitative estimate of drug-likeness (QED) is 0.905. The Morgan fingerprint density at radius 2 is 2.05 bits per heavy atom. The second-order valence-corrected chi connectivity index (χ2v) is 5.73. The predicted octanol–water partition coefficient (Wildman–Crippen LogP) is 4.02. The van der Waals surface area contributed by atoms with E-state index < -0.39 is 0 Å². The molecule has 0 aromatic heterocycles. The van der Waals surface area contributed by atoms with Gasteiger partial charge in [0.1, 0.15) is 5.75 Å². The highest BCUT2D eigenvalue weighted by Crippen LogP contribution is 2.31. The lowest BCUT2D eigenvalue weighted by Gasteiger charge is -2.21. The fourth-order valence-electron chi connectivity index (χ4n) is 2.70. The van der Waals surface area contributed by atoms with Crippen molar-refractivity contribution in [2.45, 2.75) is 25.8 Å². The van der Waals surface area contributed by atoms with Crippen LogP contribution in [-0.4, -0.2) is 6.61 Å². The van der Waals surface area contributed by atoms with Crippen LogP contribution in [0.1, 0.15) is 34.7 Å². The maximum Gasteiger partial charge on any atom is 0.122 e. The zero-order valence-electron chi connectivity index (χ0n) is 11.5. The number of hydrogen-bond donors (Lipinski definition) is 1. The first kappa shape index (κ1) is 13.5. The number of fused-ring (bicyclic) bond motifs is 1. The average Bonchev–Trinajstić information content (AvgIpc) is 2.48. The molecule has 0 amide bonds. The van der Waals surface area contributed by atoms with E-state index in [1.807, 2.05) is 24.3 Å². The summed E-state index contributed by atoms with van der Waals surface area (Å²) in [4.78, 5) is 0. The standard InChI is InChI=1S/C17H18ClNO/c1-11-4-6-14(18)10-15(11)17(19)13-5-7-16-12(9-13)3-2-8-20-16/h4-7,9-10,17H,2-3,8,19H2,1H3. The minimum absolute atomic E-state index is 0.152. The van der Waals surface area contributed by atoms with E-state index in [2.05, 4.69) is 19.1 Å². The van der Waals surface area contributed by atoms with Crippen LogP contribution in [0.3, 0.4) is 0 Å². The SMILES string of the molecule is Cc1ccc(Cl)cc1C(N)c1ccc2c(c1)CCCO2. The van der Waals surface area contributed by atoms with Crippen molar-refractivity contribution >= 4 is 11.6 Å². The van der Waals surface area contributed by atoms with Gasteiger partial charge in [0.05, 0.1) is 12.6 Å². The monoisotopic (exact) mass is 287 g/mol. The van der Waals surface area contributed by atoms with Crippen molar-refractivity contribution in [2.75, 3.05) is 6.61 Å². The number of rotatable bonds is 2. The Labute approximate surface area is 124 Å². The van der Waals surface area contributed by atoms with E-state index in [0.717, 1.165) is 46.9 Å². The minimum atomic E-state index is -0.152. The van der Waals surface area contributed by atoms with Gasteiger partial charge in [-0.2, -0.15) is 0 Å². The summed E-state index contributed by atoms with van der Waals surface area (Å²) in [7, 11) is 0. The zero-order valence-corrected chi connectivity index (χ0v) is 12.3. The Morgan fingerprint density at radius 3 is 2.90 bits per heavy atom. The molecule has 0 saturated heterocycles. The van der Waals surface area contributed by atoms with E-state index in [1.54, 1.807) is 0 Å². The molecule has 1 heterocycles. The molecular weight excluding hydrogens is 270 g/mol. The lowest BCUT2D eigenvalue weighted by molar-refractivity contribution is 0.288. The Bertz CT molecular complexity index is 639. The zero-order chi connectivity index (χ0) is 14.1. The van der Waals surface area contributed by atoms with Gasteiger partial charge in [-0.15, -0.1) is 0 Å². The first-order chi connectivity index (χ1) is 9.65. The van der Waals surface area contributed by atoms with Gasteiger partial charge in [-0.3, -0.25) is 0 Å². The predicted molar refractivity (Wildman–Crippen MR) is 82.5 cm³/mol. The second-order valence-electron chi connectivity index (χ2n) is 5.30. The molecule has 0 bridgehead atoms. The van der Waals surface area contributed by atoms with Crippen LogP contribution < -0.4 is 10.5 Å². The summed E-state index contributed by atoms with van der Waals surface area (Å²) in [5, 5.41) is 0.724. The van der Waals surface area contributed by atoms with Crippen LogP contribution in [0.2, 0.25) is 5.02 Å². The summed E-state index contributed by atoms with van der Waals surface area (Å²) in [5.41, 5.74) is 11.0. The highest BCUT2D eigenvalue weighted by Gasteiger charge is 2.16. The summed E-state index contributed by atoms with van der Waals surface area (Å²) in [6.07, 6.45) is 2.13. The first-order valence-corrected chi connectivity index (χ1v) is 7.30. The fourth-order valence-corrected chi connectivity index (χ4v) is 2.88. The summed E-state index contributed by atoms with van der Waals surface area (Å²) < 4.78 is 5.64. The number of aryl methyl sites for hydroxylation is 2. The van der Waals surface area contributed by atoms with Crippen LogP contribution in [0.15, 0.2) is 36.4 Å². The Morgan fingerprint density at radius 1 is 1.20 bits per heavy atom. The number of halogens is 1. The van der Waals surface area contributed by atoms with Crippen LogP contribution >= 0.6 is 11.6 Å². The minimum Gasteiger partial charge on any atom is -0.493 e. The van der Waals surface area contributed by atoms with E-state index in [1.165, 1.54) is 5.56 Å². The molecule has 1 aliphatic heterocycles. The molecular formula is C17H18ClNO. The van der Waals surface area contributed by atoms with Crippen LogP contribution in [0.25, 0.3) is 0 Å². The van der Waals surface area contributed by atoms with Gasteiger partial charge in [0.25, 0.3) is 0 Å². The van der Waals surface area contributed by atoms with Gasteiger partial charge >= 0.3 is 0 Å². The third-order valence-electron chi connectivity index (χ3n) is 3.87. The van der Waals surface area contributed by atoms with E-state index in [0.29, 0.717) is 0 Å². The Balaban J connectivity index is 1.97. The van der Waals surface area contributed by atoms with E-state index in [4.69, 9.17) is 22.1 Å². The molecule has 0 fully saturated rings. The van der Waals surface area contributed by atoms with Gasteiger partial charge in [0.15, 0.2) is 0 Å². The molecule has 2 N–H and O–H groups in total. The van der Waals surface area contributed by atoms with E-state index in [-0.39, 0.29) is 6.04 Å². The van der Waals surface area contributed by atoms with E-state index in [9.17, 15) is 0 Å². The normalized spacial score (nSPS) is 15.3. The third-order valence-corrected chi connectivity index (χ3v) is 4.10. The summed E-state index contributed by atoms with van der Waals surface area (Å²) in [6, 6.07) is 12.0. The number of nitrogens with two attached hydrogens (primary N) is 1. The fraction of sp³-hybridized carbons (Fsp3) is 0.294. The first-order valence-electron chi connectivity index (χ1n) is 6.92. The summed E-state index contributed by atoms with van der Waals surface area (Å²) in [6.45, 7) is 2.87. The topological polar surface area (TPSA) is 35.2 Å². The van der Waals surface area contributed by atoms with Crippen molar-refractivity contribution in [2.24, 2.45) is 5.73 Å². The summed E-state index contributed by atoms with van der Waals surface area (Å²) in [5.74, 6) is 0.995. The van der Waals surface area contributed by atoms with Crippen LogP contribution in [0, 0.1) is 6.92 Å². The van der Waals surface area contributed by atoms with Crippen molar-refractivity contribution in [1.29, 1.82) is 0 Å². The molecule has 2 nitrogen and oxygen atoms in total. The van der Waals surface area contributed by atoms with Crippen molar-refractivity contribution in [1.82, 2.24) is 0 Å².